The molecule has 1 saturated heterocycles. The van der Waals surface area contributed by atoms with Crippen LogP contribution in [0.3, 0.4) is 0 Å². The zero-order valence-corrected chi connectivity index (χ0v) is 17.7. The number of para-hydroxylation sites is 2. The number of rotatable bonds is 3. The Hall–Kier alpha value is -3.47. The molecule has 11 heteroatoms. The van der Waals surface area contributed by atoms with Crippen LogP contribution >= 0.6 is 0 Å². The van der Waals surface area contributed by atoms with E-state index in [0.29, 0.717) is 48.6 Å². The number of benzene rings is 2. The fourth-order valence-electron chi connectivity index (χ4n) is 4.23. The molecular weight excluding hydrogens is 418 g/mol. The van der Waals surface area contributed by atoms with Crippen LogP contribution in [0.4, 0.5) is 11.4 Å². The van der Waals surface area contributed by atoms with Gasteiger partial charge in [-0.3, -0.25) is 9.10 Å². The molecule has 2 aliphatic rings. The molecule has 3 heterocycles. The van der Waals surface area contributed by atoms with Crippen LogP contribution in [-0.2, 0) is 10.2 Å². The van der Waals surface area contributed by atoms with Gasteiger partial charge in [0, 0.05) is 25.7 Å². The standard InChI is InChI=1S/C20H21N7O3S/c1-24-18-7-2-3-8-19(18)27(31(24,29)30)16-9-11-25(12-10-16)20(28)15-5-4-6-17(13-15)26-14-21-22-23-26/h2-8,13-14,16H,9-12H2,1H3. The smallest absolute Gasteiger partial charge is 0.326 e. The fraction of sp³-hybridized carbons (Fsp3) is 0.300. The Balaban J connectivity index is 1.32. The van der Waals surface area contributed by atoms with Crippen molar-refractivity contribution >= 4 is 27.5 Å². The van der Waals surface area contributed by atoms with E-state index in [1.54, 1.807) is 30.1 Å². The Kier molecular flexibility index (Phi) is 4.62. The summed E-state index contributed by atoms with van der Waals surface area (Å²) in [6.07, 6.45) is 2.61. The summed E-state index contributed by atoms with van der Waals surface area (Å²) >= 11 is 0. The Morgan fingerprint density at radius 1 is 1.03 bits per heavy atom. The van der Waals surface area contributed by atoms with Crippen LogP contribution in [0.5, 0.6) is 0 Å². The van der Waals surface area contributed by atoms with Gasteiger partial charge in [-0.15, -0.1) is 5.10 Å². The number of hydrogen-bond acceptors (Lipinski definition) is 6. The number of nitrogens with zero attached hydrogens (tertiary/aromatic N) is 7. The number of fused-ring (bicyclic) bond motifs is 1. The van der Waals surface area contributed by atoms with E-state index in [2.05, 4.69) is 15.5 Å². The van der Waals surface area contributed by atoms with Crippen LogP contribution in [0, 0.1) is 0 Å². The summed E-state index contributed by atoms with van der Waals surface area (Å²) in [5.74, 6) is -0.0878. The first-order valence-corrected chi connectivity index (χ1v) is 11.4. The zero-order valence-electron chi connectivity index (χ0n) is 16.9. The van der Waals surface area contributed by atoms with Gasteiger partial charge < -0.3 is 4.90 Å². The van der Waals surface area contributed by atoms with Crippen molar-refractivity contribution in [2.75, 3.05) is 28.7 Å². The van der Waals surface area contributed by atoms with Crippen molar-refractivity contribution in [3.05, 3.63) is 60.4 Å². The van der Waals surface area contributed by atoms with Crippen LogP contribution in [0.25, 0.3) is 5.69 Å². The lowest BCUT2D eigenvalue weighted by Crippen LogP contribution is -2.49. The molecule has 0 bridgehead atoms. The van der Waals surface area contributed by atoms with Crippen LogP contribution in [-0.4, -0.2) is 65.6 Å². The summed E-state index contributed by atoms with van der Waals surface area (Å²) in [5.41, 5.74) is 2.63. The molecule has 1 aromatic heterocycles. The third-order valence-electron chi connectivity index (χ3n) is 5.84. The van der Waals surface area contributed by atoms with Gasteiger partial charge in [-0.25, -0.2) is 8.99 Å². The molecule has 2 aliphatic heterocycles. The first-order valence-electron chi connectivity index (χ1n) is 9.97. The minimum atomic E-state index is -3.60. The first kappa shape index (κ1) is 19.5. The first-order chi connectivity index (χ1) is 15.0. The minimum Gasteiger partial charge on any atom is -0.338 e. The number of anilines is 2. The van der Waals surface area contributed by atoms with Crippen LogP contribution < -0.4 is 8.61 Å². The molecule has 0 radical (unpaired) electrons. The lowest BCUT2D eigenvalue weighted by molar-refractivity contribution is 0.0716. The average Bonchev–Trinajstić information content (AvgIpc) is 3.40. The molecule has 3 aromatic rings. The normalized spacial score (nSPS) is 18.3. The number of hydrogen-bond donors (Lipinski definition) is 0. The van der Waals surface area contributed by atoms with E-state index in [1.807, 2.05) is 30.3 Å². The Morgan fingerprint density at radius 3 is 2.48 bits per heavy atom. The number of piperidine rings is 1. The molecule has 160 valence electrons. The van der Waals surface area contributed by atoms with E-state index < -0.39 is 10.2 Å². The molecule has 1 amide bonds. The van der Waals surface area contributed by atoms with Gasteiger partial charge in [-0.2, -0.15) is 8.42 Å². The number of carbonyl (C=O) groups is 1. The maximum absolute atomic E-state index is 13.1. The maximum Gasteiger partial charge on any atom is 0.326 e. The van der Waals surface area contributed by atoms with Crippen LogP contribution in [0.15, 0.2) is 54.9 Å². The van der Waals surface area contributed by atoms with Crippen molar-refractivity contribution in [3.8, 4) is 5.69 Å². The van der Waals surface area contributed by atoms with Crippen molar-refractivity contribution in [1.29, 1.82) is 0 Å². The average molecular weight is 440 g/mol. The number of aromatic nitrogens is 4. The van der Waals surface area contributed by atoms with E-state index >= 15 is 0 Å². The van der Waals surface area contributed by atoms with Gasteiger partial charge in [-0.05, 0) is 53.6 Å². The second-order valence-electron chi connectivity index (χ2n) is 7.59. The zero-order chi connectivity index (χ0) is 21.6. The second kappa shape index (κ2) is 7.34. The highest BCUT2D eigenvalue weighted by molar-refractivity contribution is 7.94. The van der Waals surface area contributed by atoms with Gasteiger partial charge in [0.15, 0.2) is 0 Å². The predicted octanol–water partition coefficient (Wildman–Crippen LogP) is 1.47. The minimum absolute atomic E-state index is 0.0878. The van der Waals surface area contributed by atoms with Crippen molar-refractivity contribution < 1.29 is 13.2 Å². The highest BCUT2D eigenvalue weighted by Gasteiger charge is 2.43. The summed E-state index contributed by atoms with van der Waals surface area (Å²) in [5, 5.41) is 11.1. The van der Waals surface area contributed by atoms with Crippen LogP contribution in [0.1, 0.15) is 23.2 Å². The SMILES string of the molecule is CN1c2ccccc2N(C2CCN(C(=O)c3cccc(-n4cnnn4)c3)CC2)S1(=O)=O. The molecule has 31 heavy (non-hydrogen) atoms. The van der Waals surface area contributed by atoms with E-state index in [4.69, 9.17) is 0 Å². The summed E-state index contributed by atoms with van der Waals surface area (Å²) < 4.78 is 30.3. The van der Waals surface area contributed by atoms with E-state index in [1.165, 1.54) is 19.6 Å². The molecule has 0 atom stereocenters. The van der Waals surface area contributed by atoms with Gasteiger partial charge in [0.05, 0.1) is 23.1 Å². The third kappa shape index (κ3) is 3.21. The highest BCUT2D eigenvalue weighted by Crippen LogP contribution is 2.42. The Bertz CT molecular complexity index is 1220. The molecule has 0 unspecified atom stereocenters. The van der Waals surface area contributed by atoms with Crippen molar-refractivity contribution in [2.45, 2.75) is 18.9 Å². The molecule has 2 aromatic carbocycles. The molecule has 5 rings (SSSR count). The summed E-state index contributed by atoms with van der Waals surface area (Å²) in [6.45, 7) is 0.965. The Morgan fingerprint density at radius 2 is 1.77 bits per heavy atom. The molecule has 0 spiro atoms. The lowest BCUT2D eigenvalue weighted by Gasteiger charge is -2.36. The van der Waals surface area contributed by atoms with Crippen molar-refractivity contribution in [1.82, 2.24) is 25.1 Å². The van der Waals surface area contributed by atoms with Gasteiger partial charge >= 0.3 is 10.2 Å². The number of tetrazole rings is 1. The van der Waals surface area contributed by atoms with Gasteiger partial charge in [-0.1, -0.05) is 18.2 Å². The van der Waals surface area contributed by atoms with Crippen LogP contribution in [0.2, 0.25) is 0 Å². The molecule has 1 fully saturated rings. The third-order valence-corrected chi connectivity index (χ3v) is 7.72. The largest absolute Gasteiger partial charge is 0.338 e. The molecule has 0 aliphatic carbocycles. The summed E-state index contributed by atoms with van der Waals surface area (Å²) in [6, 6.07) is 14.3. The Labute approximate surface area is 179 Å². The van der Waals surface area contributed by atoms with Gasteiger partial charge in [0.25, 0.3) is 5.91 Å². The van der Waals surface area contributed by atoms with E-state index in [9.17, 15) is 13.2 Å². The summed E-state index contributed by atoms with van der Waals surface area (Å²) in [7, 11) is -2.03. The quantitative estimate of drug-likeness (QED) is 0.612. The second-order valence-corrected chi connectivity index (χ2v) is 9.42. The molecule has 0 saturated carbocycles. The van der Waals surface area contributed by atoms with Crippen molar-refractivity contribution in [2.24, 2.45) is 0 Å². The molecule has 0 N–H and O–H groups in total. The topological polar surface area (TPSA) is 105 Å². The predicted molar refractivity (Wildman–Crippen MR) is 114 cm³/mol. The maximum atomic E-state index is 13.1. The van der Waals surface area contributed by atoms with E-state index in [0.717, 1.165) is 0 Å². The molecule has 10 nitrogen and oxygen atoms in total. The van der Waals surface area contributed by atoms with Gasteiger partial charge in [0.2, 0.25) is 0 Å². The lowest BCUT2D eigenvalue weighted by atomic mass is 10.0. The van der Waals surface area contributed by atoms with E-state index in [-0.39, 0.29) is 11.9 Å². The van der Waals surface area contributed by atoms with Gasteiger partial charge in [0.1, 0.15) is 6.33 Å². The number of amides is 1. The van der Waals surface area contributed by atoms with Crippen molar-refractivity contribution in [3.63, 3.8) is 0 Å². The summed E-state index contributed by atoms with van der Waals surface area (Å²) in [4.78, 5) is 14.8. The highest BCUT2D eigenvalue weighted by atomic mass is 32.2. The molecular formula is C20H21N7O3S. The number of likely N-dealkylation sites (tertiary alicyclic amines) is 1. The number of carbonyl (C=O) groups excluding carboxylic acids is 1. The monoisotopic (exact) mass is 439 g/mol. The fourth-order valence-corrected chi connectivity index (χ4v) is 5.89.